The zero-order chi connectivity index (χ0) is 14.4. The molecule has 116 valence electrons. The van der Waals surface area contributed by atoms with E-state index in [1.165, 1.54) is 48.4 Å². The third kappa shape index (κ3) is 2.68. The zero-order valence-corrected chi connectivity index (χ0v) is 14.2. The Morgan fingerprint density at radius 1 is 1.19 bits per heavy atom. The van der Waals surface area contributed by atoms with E-state index in [0.29, 0.717) is 5.41 Å². The third-order valence-electron chi connectivity index (χ3n) is 5.90. The van der Waals surface area contributed by atoms with Gasteiger partial charge in [0.2, 0.25) is 0 Å². The normalized spacial score (nSPS) is 37.6. The SMILES string of the molecule is CC(C)CNCc1cnc(C23CC4CC(CC(C4)C2)C3)s1. The Labute approximate surface area is 132 Å². The van der Waals surface area contributed by atoms with Gasteiger partial charge in [-0.15, -0.1) is 11.3 Å². The number of thiazole rings is 1. The monoisotopic (exact) mass is 304 g/mol. The molecule has 0 aliphatic heterocycles. The fourth-order valence-electron chi connectivity index (χ4n) is 5.49. The molecule has 4 aliphatic rings. The van der Waals surface area contributed by atoms with Crippen molar-refractivity contribution in [2.24, 2.45) is 23.7 Å². The molecule has 4 fully saturated rings. The van der Waals surface area contributed by atoms with E-state index in [1.807, 2.05) is 11.3 Å². The highest BCUT2D eigenvalue weighted by Crippen LogP contribution is 2.61. The fourth-order valence-corrected chi connectivity index (χ4v) is 6.59. The zero-order valence-electron chi connectivity index (χ0n) is 13.4. The molecule has 0 spiro atoms. The average molecular weight is 305 g/mol. The second-order valence-electron chi connectivity index (χ2n) is 8.35. The minimum atomic E-state index is 0.482. The molecule has 0 saturated heterocycles. The smallest absolute Gasteiger partial charge is 0.0990 e. The van der Waals surface area contributed by atoms with Crippen molar-refractivity contribution in [3.63, 3.8) is 0 Å². The van der Waals surface area contributed by atoms with Crippen molar-refractivity contribution in [3.05, 3.63) is 16.1 Å². The molecule has 5 rings (SSSR count). The number of hydrogen-bond donors (Lipinski definition) is 1. The van der Waals surface area contributed by atoms with Crippen LogP contribution in [-0.4, -0.2) is 11.5 Å². The Hall–Kier alpha value is -0.410. The van der Waals surface area contributed by atoms with Crippen LogP contribution in [0, 0.1) is 23.7 Å². The maximum Gasteiger partial charge on any atom is 0.0990 e. The van der Waals surface area contributed by atoms with Crippen molar-refractivity contribution in [1.82, 2.24) is 10.3 Å². The summed E-state index contributed by atoms with van der Waals surface area (Å²) in [5.41, 5.74) is 0.482. The Balaban J connectivity index is 1.48. The number of rotatable bonds is 5. The van der Waals surface area contributed by atoms with E-state index >= 15 is 0 Å². The lowest BCUT2D eigenvalue weighted by molar-refractivity contribution is -0.00527. The number of hydrogen-bond acceptors (Lipinski definition) is 3. The molecule has 4 aliphatic carbocycles. The van der Waals surface area contributed by atoms with Gasteiger partial charge in [0.15, 0.2) is 0 Å². The predicted molar refractivity (Wildman–Crippen MR) is 88.5 cm³/mol. The van der Waals surface area contributed by atoms with Gasteiger partial charge in [-0.1, -0.05) is 13.8 Å². The van der Waals surface area contributed by atoms with Gasteiger partial charge in [0, 0.05) is 23.0 Å². The van der Waals surface area contributed by atoms with Gasteiger partial charge in [-0.25, -0.2) is 4.98 Å². The number of nitrogens with zero attached hydrogens (tertiary/aromatic N) is 1. The number of nitrogens with one attached hydrogen (secondary N) is 1. The third-order valence-corrected chi connectivity index (χ3v) is 7.14. The molecule has 3 heteroatoms. The van der Waals surface area contributed by atoms with E-state index in [1.54, 1.807) is 0 Å². The molecule has 1 aromatic rings. The van der Waals surface area contributed by atoms with Gasteiger partial charge in [0.25, 0.3) is 0 Å². The van der Waals surface area contributed by atoms with Crippen LogP contribution < -0.4 is 5.32 Å². The largest absolute Gasteiger partial charge is 0.312 e. The summed E-state index contributed by atoms with van der Waals surface area (Å²) in [6.45, 7) is 6.63. The van der Waals surface area contributed by atoms with E-state index in [-0.39, 0.29) is 0 Å². The summed E-state index contributed by atoms with van der Waals surface area (Å²) in [5, 5.41) is 5.03. The summed E-state index contributed by atoms with van der Waals surface area (Å²) in [7, 11) is 0. The molecule has 21 heavy (non-hydrogen) atoms. The van der Waals surface area contributed by atoms with Crippen LogP contribution in [0.2, 0.25) is 0 Å². The van der Waals surface area contributed by atoms with Crippen molar-refractivity contribution in [3.8, 4) is 0 Å². The van der Waals surface area contributed by atoms with Crippen molar-refractivity contribution >= 4 is 11.3 Å². The minimum Gasteiger partial charge on any atom is -0.312 e. The van der Waals surface area contributed by atoms with E-state index in [0.717, 1.165) is 36.8 Å². The van der Waals surface area contributed by atoms with E-state index in [4.69, 9.17) is 4.98 Å². The standard InChI is InChI=1S/C18H28N2S/c1-12(2)9-19-10-16-11-20-17(21-16)18-6-13-3-14(7-18)5-15(4-13)8-18/h11-15,19H,3-10H2,1-2H3. The summed E-state index contributed by atoms with van der Waals surface area (Å²) >= 11 is 2.00. The molecule has 0 aromatic carbocycles. The first-order valence-corrected chi connectivity index (χ1v) is 9.60. The fraction of sp³-hybridized carbons (Fsp3) is 0.833. The van der Waals surface area contributed by atoms with Crippen molar-refractivity contribution in [1.29, 1.82) is 0 Å². The average Bonchev–Trinajstić information content (AvgIpc) is 2.86. The van der Waals surface area contributed by atoms with E-state index in [2.05, 4.69) is 25.4 Å². The molecule has 4 saturated carbocycles. The molecular formula is C18H28N2S. The van der Waals surface area contributed by atoms with Gasteiger partial charge in [-0.2, -0.15) is 0 Å². The summed E-state index contributed by atoms with van der Waals surface area (Å²) < 4.78 is 0. The Bertz CT molecular complexity index is 470. The van der Waals surface area contributed by atoms with E-state index in [9.17, 15) is 0 Å². The highest BCUT2D eigenvalue weighted by molar-refractivity contribution is 7.11. The van der Waals surface area contributed by atoms with Crippen LogP contribution >= 0.6 is 11.3 Å². The van der Waals surface area contributed by atoms with Gasteiger partial charge in [-0.3, -0.25) is 0 Å². The Kier molecular flexibility index (Phi) is 3.61. The first kappa shape index (κ1) is 14.2. The lowest BCUT2D eigenvalue weighted by Crippen LogP contribution is -2.48. The maximum absolute atomic E-state index is 4.88. The highest BCUT2D eigenvalue weighted by atomic mass is 32.1. The van der Waals surface area contributed by atoms with Crippen LogP contribution in [0.1, 0.15) is 62.3 Å². The van der Waals surface area contributed by atoms with Crippen LogP contribution in [-0.2, 0) is 12.0 Å². The first-order valence-electron chi connectivity index (χ1n) is 8.79. The summed E-state index contributed by atoms with van der Waals surface area (Å²) in [4.78, 5) is 6.31. The van der Waals surface area contributed by atoms with Gasteiger partial charge >= 0.3 is 0 Å². The Morgan fingerprint density at radius 2 is 1.81 bits per heavy atom. The Morgan fingerprint density at radius 3 is 2.38 bits per heavy atom. The van der Waals surface area contributed by atoms with Crippen LogP contribution in [0.5, 0.6) is 0 Å². The van der Waals surface area contributed by atoms with Crippen LogP contribution in [0.3, 0.4) is 0 Å². The molecule has 1 heterocycles. The lowest BCUT2D eigenvalue weighted by atomic mass is 9.50. The van der Waals surface area contributed by atoms with Gasteiger partial charge in [0.1, 0.15) is 0 Å². The van der Waals surface area contributed by atoms with Gasteiger partial charge in [0.05, 0.1) is 5.01 Å². The quantitative estimate of drug-likeness (QED) is 0.874. The second kappa shape index (κ2) is 5.34. The minimum absolute atomic E-state index is 0.482. The molecule has 2 nitrogen and oxygen atoms in total. The van der Waals surface area contributed by atoms with Crippen molar-refractivity contribution < 1.29 is 0 Å². The molecule has 4 bridgehead atoms. The van der Waals surface area contributed by atoms with Crippen LogP contribution in [0.25, 0.3) is 0 Å². The summed E-state index contributed by atoms with van der Waals surface area (Å²) in [6.07, 6.45) is 11.0. The predicted octanol–water partition coefficient (Wildman–Crippen LogP) is 4.36. The highest BCUT2D eigenvalue weighted by Gasteiger charge is 2.52. The van der Waals surface area contributed by atoms with Gasteiger partial charge in [-0.05, 0) is 68.7 Å². The van der Waals surface area contributed by atoms with Crippen molar-refractivity contribution in [2.75, 3.05) is 6.54 Å². The van der Waals surface area contributed by atoms with Gasteiger partial charge < -0.3 is 5.32 Å². The maximum atomic E-state index is 4.88. The molecule has 1 N–H and O–H groups in total. The molecular weight excluding hydrogens is 276 g/mol. The molecule has 0 amide bonds. The lowest BCUT2D eigenvalue weighted by Gasteiger charge is -2.56. The van der Waals surface area contributed by atoms with Crippen LogP contribution in [0.15, 0.2) is 6.20 Å². The molecule has 1 aromatic heterocycles. The summed E-state index contributed by atoms with van der Waals surface area (Å²) in [6, 6.07) is 0. The topological polar surface area (TPSA) is 24.9 Å². The number of aromatic nitrogens is 1. The van der Waals surface area contributed by atoms with E-state index < -0.39 is 0 Å². The first-order chi connectivity index (χ1) is 10.1. The molecule has 0 radical (unpaired) electrons. The molecule has 0 atom stereocenters. The molecule has 0 unspecified atom stereocenters. The second-order valence-corrected chi connectivity index (χ2v) is 9.47. The summed E-state index contributed by atoms with van der Waals surface area (Å²) in [5.74, 6) is 3.77. The van der Waals surface area contributed by atoms with Crippen molar-refractivity contribution in [2.45, 2.75) is 64.3 Å². The van der Waals surface area contributed by atoms with Crippen LogP contribution in [0.4, 0.5) is 0 Å².